The molecule has 1 aromatic carbocycles. The van der Waals surface area contributed by atoms with Crippen molar-refractivity contribution in [2.24, 2.45) is 17.1 Å². The van der Waals surface area contributed by atoms with Crippen LogP contribution in [0.15, 0.2) is 24.3 Å². The quantitative estimate of drug-likeness (QED) is 0.767. The Bertz CT molecular complexity index is 514. The molecule has 4 N–H and O–H groups in total. The molecule has 4 nitrogen and oxygen atoms in total. The van der Waals surface area contributed by atoms with Gasteiger partial charge in [0.25, 0.3) is 0 Å². The van der Waals surface area contributed by atoms with Gasteiger partial charge in [-0.3, -0.25) is 4.79 Å². The van der Waals surface area contributed by atoms with E-state index in [2.05, 4.69) is 10.6 Å². The Labute approximate surface area is 117 Å². The van der Waals surface area contributed by atoms with E-state index in [1.54, 1.807) is 18.2 Å². The third-order valence-electron chi connectivity index (χ3n) is 4.62. The maximum absolute atomic E-state index is 13.8. The molecule has 1 spiro atoms. The third kappa shape index (κ3) is 2.31. The summed E-state index contributed by atoms with van der Waals surface area (Å²) in [5.74, 6) is -0.262. The van der Waals surface area contributed by atoms with E-state index in [1.807, 2.05) is 0 Å². The lowest BCUT2D eigenvalue weighted by Gasteiger charge is -2.18. The molecule has 1 amide bonds. The van der Waals surface area contributed by atoms with Crippen LogP contribution in [0.1, 0.15) is 24.4 Å². The Kier molecular flexibility index (Phi) is 3.48. The lowest BCUT2D eigenvalue weighted by molar-refractivity contribution is -0.123. The fraction of sp³-hybridized carbons (Fsp3) is 0.533. The molecule has 5 heteroatoms. The zero-order valence-electron chi connectivity index (χ0n) is 11.4. The Morgan fingerprint density at radius 1 is 1.55 bits per heavy atom. The third-order valence-corrected chi connectivity index (χ3v) is 4.62. The van der Waals surface area contributed by atoms with Gasteiger partial charge >= 0.3 is 0 Å². The van der Waals surface area contributed by atoms with Crippen LogP contribution >= 0.6 is 0 Å². The van der Waals surface area contributed by atoms with Gasteiger partial charge in [0.05, 0.1) is 6.04 Å². The number of nitrogens with one attached hydrogen (secondary N) is 2. The topological polar surface area (TPSA) is 67.1 Å². The molecule has 0 aromatic heterocycles. The summed E-state index contributed by atoms with van der Waals surface area (Å²) >= 11 is 0. The van der Waals surface area contributed by atoms with Gasteiger partial charge in [-0.05, 0) is 30.9 Å². The molecule has 3 rings (SSSR count). The highest BCUT2D eigenvalue weighted by Gasteiger charge is 2.59. The highest BCUT2D eigenvalue weighted by molar-refractivity contribution is 5.83. The molecule has 2 fully saturated rings. The van der Waals surface area contributed by atoms with E-state index in [1.165, 1.54) is 6.07 Å². The lowest BCUT2D eigenvalue weighted by atomic mass is 10.0. The van der Waals surface area contributed by atoms with Crippen molar-refractivity contribution < 1.29 is 9.18 Å². The van der Waals surface area contributed by atoms with E-state index >= 15 is 0 Å². The Morgan fingerprint density at radius 2 is 2.35 bits per heavy atom. The summed E-state index contributed by atoms with van der Waals surface area (Å²) in [6, 6.07) is 6.01. The summed E-state index contributed by atoms with van der Waals surface area (Å²) in [6.07, 6.45) is 1.98. The van der Waals surface area contributed by atoms with Crippen molar-refractivity contribution in [1.82, 2.24) is 10.6 Å². The summed E-state index contributed by atoms with van der Waals surface area (Å²) in [5.41, 5.74) is 6.31. The summed E-state index contributed by atoms with van der Waals surface area (Å²) in [4.78, 5) is 12.3. The zero-order chi connectivity index (χ0) is 14.2. The Morgan fingerprint density at radius 3 is 3.00 bits per heavy atom. The smallest absolute Gasteiger partial charge is 0.224 e. The van der Waals surface area contributed by atoms with Crippen molar-refractivity contribution in [3.63, 3.8) is 0 Å². The minimum atomic E-state index is -0.448. The van der Waals surface area contributed by atoms with Crippen LogP contribution in [-0.2, 0) is 4.79 Å². The molecular weight excluding hydrogens is 257 g/mol. The normalized spacial score (nSPS) is 29.4. The standard InChI is InChI=1S/C15H20FN3O/c16-12-4-2-1-3-10(12)13(8-17)19-14(20)11-7-15(11)5-6-18-9-15/h1-4,11,13,18H,5-9,17H2,(H,19,20). The SMILES string of the molecule is NCC(NC(=O)C1CC12CCNC2)c1ccccc1F. The number of nitrogens with two attached hydrogens (primary N) is 1. The van der Waals surface area contributed by atoms with Crippen LogP contribution in [0.2, 0.25) is 0 Å². The number of hydrogen-bond acceptors (Lipinski definition) is 3. The Hall–Kier alpha value is -1.46. The van der Waals surface area contributed by atoms with E-state index < -0.39 is 6.04 Å². The number of carbonyl (C=O) groups is 1. The van der Waals surface area contributed by atoms with E-state index in [4.69, 9.17) is 5.73 Å². The van der Waals surface area contributed by atoms with Crippen molar-refractivity contribution in [2.45, 2.75) is 18.9 Å². The van der Waals surface area contributed by atoms with E-state index in [0.29, 0.717) is 5.56 Å². The van der Waals surface area contributed by atoms with Crippen LogP contribution in [0, 0.1) is 17.2 Å². The molecule has 0 bridgehead atoms. The molecule has 3 atom stereocenters. The van der Waals surface area contributed by atoms with Crippen molar-refractivity contribution >= 4 is 5.91 Å². The molecule has 1 saturated heterocycles. The number of halogens is 1. The van der Waals surface area contributed by atoms with Gasteiger partial charge in [0.1, 0.15) is 5.82 Å². The number of hydrogen-bond donors (Lipinski definition) is 3. The average Bonchev–Trinajstić information content (AvgIpc) is 2.95. The van der Waals surface area contributed by atoms with Crippen molar-refractivity contribution in [1.29, 1.82) is 0 Å². The molecule has 108 valence electrons. The zero-order valence-corrected chi connectivity index (χ0v) is 11.4. The summed E-state index contributed by atoms with van der Waals surface area (Å²) < 4.78 is 13.8. The van der Waals surface area contributed by atoms with Gasteiger partial charge in [-0.25, -0.2) is 4.39 Å². The lowest BCUT2D eigenvalue weighted by Crippen LogP contribution is -2.36. The summed E-state index contributed by atoms with van der Waals surface area (Å²) in [6.45, 7) is 2.10. The minimum Gasteiger partial charge on any atom is -0.348 e. The largest absolute Gasteiger partial charge is 0.348 e. The van der Waals surface area contributed by atoms with Crippen molar-refractivity contribution in [3.8, 4) is 0 Å². The molecular formula is C15H20FN3O. The maximum Gasteiger partial charge on any atom is 0.224 e. The predicted molar refractivity (Wildman–Crippen MR) is 74.4 cm³/mol. The maximum atomic E-state index is 13.8. The second-order valence-electron chi connectivity index (χ2n) is 5.86. The molecule has 1 aliphatic carbocycles. The molecule has 3 unspecified atom stereocenters. The first kappa shape index (κ1) is 13.5. The second-order valence-corrected chi connectivity index (χ2v) is 5.86. The molecule has 1 aliphatic heterocycles. The fourth-order valence-corrected chi connectivity index (χ4v) is 3.25. The molecule has 1 saturated carbocycles. The first-order valence-electron chi connectivity index (χ1n) is 7.12. The molecule has 2 aliphatic rings. The van der Waals surface area contributed by atoms with Gasteiger partial charge in [0, 0.05) is 24.6 Å². The molecule has 1 aromatic rings. The number of rotatable bonds is 4. The van der Waals surface area contributed by atoms with Gasteiger partial charge < -0.3 is 16.4 Å². The monoisotopic (exact) mass is 277 g/mol. The summed E-state index contributed by atoms with van der Waals surface area (Å²) in [5, 5.41) is 6.21. The van der Waals surface area contributed by atoms with Gasteiger partial charge in [-0.2, -0.15) is 0 Å². The van der Waals surface area contributed by atoms with Crippen LogP contribution < -0.4 is 16.4 Å². The second kappa shape index (κ2) is 5.14. The van der Waals surface area contributed by atoms with Crippen molar-refractivity contribution in [3.05, 3.63) is 35.6 Å². The van der Waals surface area contributed by atoms with Crippen molar-refractivity contribution in [2.75, 3.05) is 19.6 Å². The average molecular weight is 277 g/mol. The van der Waals surface area contributed by atoms with E-state index in [0.717, 1.165) is 25.9 Å². The van der Waals surface area contributed by atoms with E-state index in [-0.39, 0.29) is 29.6 Å². The number of carbonyl (C=O) groups excluding carboxylic acids is 1. The first-order valence-corrected chi connectivity index (χ1v) is 7.12. The van der Waals surface area contributed by atoms with Gasteiger partial charge in [0.2, 0.25) is 5.91 Å². The number of benzene rings is 1. The van der Waals surface area contributed by atoms with Crippen LogP contribution in [0.25, 0.3) is 0 Å². The van der Waals surface area contributed by atoms with Crippen LogP contribution in [0.4, 0.5) is 4.39 Å². The highest BCUT2D eigenvalue weighted by atomic mass is 19.1. The summed E-state index contributed by atoms with van der Waals surface area (Å²) in [7, 11) is 0. The number of amides is 1. The van der Waals surface area contributed by atoms with Gasteiger partial charge in [0.15, 0.2) is 0 Å². The molecule has 20 heavy (non-hydrogen) atoms. The van der Waals surface area contributed by atoms with Gasteiger partial charge in [-0.1, -0.05) is 18.2 Å². The molecule has 0 radical (unpaired) electrons. The van der Waals surface area contributed by atoms with Crippen LogP contribution in [-0.4, -0.2) is 25.5 Å². The van der Waals surface area contributed by atoms with Gasteiger partial charge in [-0.15, -0.1) is 0 Å². The molecule has 1 heterocycles. The van der Waals surface area contributed by atoms with Crippen LogP contribution in [0.3, 0.4) is 0 Å². The van der Waals surface area contributed by atoms with E-state index in [9.17, 15) is 9.18 Å². The Balaban J connectivity index is 1.67. The fourth-order valence-electron chi connectivity index (χ4n) is 3.25. The van der Waals surface area contributed by atoms with Crippen LogP contribution in [0.5, 0.6) is 0 Å². The predicted octanol–water partition coefficient (Wildman–Crippen LogP) is 0.941. The first-order chi connectivity index (χ1) is 9.66. The minimum absolute atomic E-state index is 0.00685. The highest BCUT2D eigenvalue weighted by Crippen LogP contribution is 2.56.